The van der Waals surface area contributed by atoms with Gasteiger partial charge in [-0.25, -0.2) is 9.37 Å². The monoisotopic (exact) mass is 208 g/mol. The van der Waals surface area contributed by atoms with Crippen molar-refractivity contribution in [3.8, 4) is 10.6 Å². The number of pyridine rings is 1. The maximum absolute atomic E-state index is 12.4. The molecule has 0 aliphatic rings. The predicted molar refractivity (Wildman–Crippen MR) is 54.9 cm³/mol. The first-order valence-corrected chi connectivity index (χ1v) is 5.05. The van der Waals surface area contributed by atoms with Crippen molar-refractivity contribution in [1.82, 2.24) is 9.97 Å². The fourth-order valence-electron chi connectivity index (χ4n) is 1.17. The molecule has 0 saturated heterocycles. The number of hydrogen-bond donors (Lipinski definition) is 0. The maximum Gasteiger partial charge on any atom is 0.133 e. The highest BCUT2D eigenvalue weighted by Crippen LogP contribution is 2.27. The zero-order valence-corrected chi connectivity index (χ0v) is 8.51. The second kappa shape index (κ2) is 3.84. The van der Waals surface area contributed by atoms with Crippen molar-refractivity contribution in [2.24, 2.45) is 0 Å². The van der Waals surface area contributed by atoms with Crippen LogP contribution in [0.25, 0.3) is 10.6 Å². The second-order valence-electron chi connectivity index (χ2n) is 2.89. The van der Waals surface area contributed by atoms with Gasteiger partial charge in [0, 0.05) is 22.8 Å². The average Bonchev–Trinajstić information content (AvgIpc) is 2.61. The fourth-order valence-corrected chi connectivity index (χ4v) is 2.09. The van der Waals surface area contributed by atoms with E-state index in [2.05, 4.69) is 9.97 Å². The molecule has 0 saturated carbocycles. The molecule has 0 fully saturated rings. The van der Waals surface area contributed by atoms with Crippen molar-refractivity contribution in [3.63, 3.8) is 0 Å². The van der Waals surface area contributed by atoms with E-state index in [-0.39, 0.29) is 0 Å². The quantitative estimate of drug-likeness (QED) is 0.758. The van der Waals surface area contributed by atoms with Gasteiger partial charge in [-0.3, -0.25) is 4.98 Å². The molecule has 0 atom stereocenters. The van der Waals surface area contributed by atoms with Gasteiger partial charge in [0.1, 0.15) is 11.7 Å². The largest absolute Gasteiger partial charge is 0.265 e. The fraction of sp³-hybridized carbons (Fsp3) is 0.200. The van der Waals surface area contributed by atoms with Crippen LogP contribution >= 0.6 is 11.3 Å². The van der Waals surface area contributed by atoms with E-state index >= 15 is 0 Å². The minimum Gasteiger partial charge on any atom is -0.265 e. The summed E-state index contributed by atoms with van der Waals surface area (Å²) < 4.78 is 12.4. The van der Waals surface area contributed by atoms with Crippen molar-refractivity contribution in [1.29, 1.82) is 0 Å². The lowest BCUT2D eigenvalue weighted by Crippen LogP contribution is -1.81. The topological polar surface area (TPSA) is 25.8 Å². The van der Waals surface area contributed by atoms with Gasteiger partial charge in [0.15, 0.2) is 0 Å². The molecule has 2 aromatic heterocycles. The molecule has 2 nitrogen and oxygen atoms in total. The molecule has 2 heterocycles. The first-order valence-electron chi connectivity index (χ1n) is 4.24. The average molecular weight is 208 g/mol. The van der Waals surface area contributed by atoms with Crippen LogP contribution in [0.1, 0.15) is 10.6 Å². The van der Waals surface area contributed by atoms with E-state index in [1.165, 1.54) is 11.3 Å². The van der Waals surface area contributed by atoms with Gasteiger partial charge in [-0.05, 0) is 19.1 Å². The lowest BCUT2D eigenvalue weighted by molar-refractivity contribution is 0.476. The van der Waals surface area contributed by atoms with Crippen LogP contribution in [0.5, 0.6) is 0 Å². The Morgan fingerprint density at radius 1 is 1.36 bits per heavy atom. The highest BCUT2D eigenvalue weighted by Gasteiger charge is 2.08. The van der Waals surface area contributed by atoms with Crippen molar-refractivity contribution >= 4 is 11.3 Å². The third-order valence-corrected chi connectivity index (χ3v) is 3.01. The molecule has 0 spiro atoms. The van der Waals surface area contributed by atoms with E-state index in [9.17, 15) is 4.39 Å². The van der Waals surface area contributed by atoms with E-state index in [0.29, 0.717) is 5.69 Å². The molecular weight excluding hydrogens is 199 g/mol. The number of hydrogen-bond acceptors (Lipinski definition) is 3. The molecule has 0 bridgehead atoms. The summed E-state index contributed by atoms with van der Waals surface area (Å²) in [5, 5.41) is 0.859. The third-order valence-electron chi connectivity index (χ3n) is 1.95. The summed E-state index contributed by atoms with van der Waals surface area (Å²) in [5.41, 5.74) is 1.54. The molecule has 0 aromatic carbocycles. The number of nitrogens with zero attached hydrogens (tertiary/aromatic N) is 2. The number of alkyl halides is 1. The molecule has 2 aromatic rings. The second-order valence-corrected chi connectivity index (χ2v) is 4.09. The Hall–Kier alpha value is -1.29. The van der Waals surface area contributed by atoms with Crippen LogP contribution in [-0.4, -0.2) is 9.97 Å². The van der Waals surface area contributed by atoms with E-state index in [0.717, 1.165) is 15.4 Å². The Bertz CT molecular complexity index is 425. The van der Waals surface area contributed by atoms with Crippen molar-refractivity contribution < 1.29 is 4.39 Å². The van der Waals surface area contributed by atoms with E-state index in [4.69, 9.17) is 0 Å². The van der Waals surface area contributed by atoms with Crippen molar-refractivity contribution in [3.05, 3.63) is 35.1 Å². The van der Waals surface area contributed by atoms with E-state index in [1.54, 1.807) is 12.4 Å². The Morgan fingerprint density at radius 2 is 2.07 bits per heavy atom. The molecule has 0 amide bonds. The Morgan fingerprint density at radius 3 is 2.64 bits per heavy atom. The van der Waals surface area contributed by atoms with Gasteiger partial charge in [0.25, 0.3) is 0 Å². The molecule has 0 aliphatic heterocycles. The summed E-state index contributed by atoms with van der Waals surface area (Å²) in [6.07, 6.45) is 3.42. The van der Waals surface area contributed by atoms with Crippen LogP contribution in [-0.2, 0) is 6.67 Å². The zero-order valence-electron chi connectivity index (χ0n) is 7.70. The highest BCUT2D eigenvalue weighted by atomic mass is 32.1. The summed E-state index contributed by atoms with van der Waals surface area (Å²) in [7, 11) is 0. The summed E-state index contributed by atoms with van der Waals surface area (Å²) in [4.78, 5) is 9.08. The predicted octanol–water partition coefficient (Wildman–Crippen LogP) is 2.98. The summed E-state index contributed by atoms with van der Waals surface area (Å²) in [6, 6.07) is 3.75. The van der Waals surface area contributed by atoms with Crippen LogP contribution in [0, 0.1) is 6.92 Å². The van der Waals surface area contributed by atoms with Crippen LogP contribution < -0.4 is 0 Å². The first-order chi connectivity index (χ1) is 6.81. The summed E-state index contributed by atoms with van der Waals surface area (Å²) in [5.74, 6) is 0. The van der Waals surface area contributed by atoms with Crippen LogP contribution in [0.4, 0.5) is 4.39 Å². The minimum absolute atomic E-state index is 0.493. The van der Waals surface area contributed by atoms with Gasteiger partial charge in [0.2, 0.25) is 0 Å². The normalized spacial score (nSPS) is 10.4. The lowest BCUT2D eigenvalue weighted by atomic mass is 10.3. The summed E-state index contributed by atoms with van der Waals surface area (Å²) in [6.45, 7) is 1.39. The van der Waals surface area contributed by atoms with E-state index in [1.807, 2.05) is 19.1 Å². The SMILES string of the molecule is Cc1sc(-c2ccncc2)nc1CF. The van der Waals surface area contributed by atoms with Crippen LogP contribution in [0.3, 0.4) is 0 Å². The van der Waals surface area contributed by atoms with Gasteiger partial charge in [-0.15, -0.1) is 11.3 Å². The molecule has 0 aliphatic carbocycles. The van der Waals surface area contributed by atoms with Gasteiger partial charge in [-0.1, -0.05) is 0 Å². The minimum atomic E-state index is -0.493. The maximum atomic E-state index is 12.4. The number of aryl methyl sites for hydroxylation is 1. The molecule has 0 radical (unpaired) electrons. The summed E-state index contributed by atoms with van der Waals surface area (Å²) >= 11 is 1.51. The molecule has 72 valence electrons. The standard InChI is InChI=1S/C10H9FN2S/c1-7-9(6-11)13-10(14-7)8-2-4-12-5-3-8/h2-5H,6H2,1H3. The van der Waals surface area contributed by atoms with E-state index < -0.39 is 6.67 Å². The highest BCUT2D eigenvalue weighted by molar-refractivity contribution is 7.15. The van der Waals surface area contributed by atoms with Crippen molar-refractivity contribution in [2.75, 3.05) is 0 Å². The Balaban J connectivity index is 2.43. The molecule has 4 heteroatoms. The number of halogens is 1. The zero-order chi connectivity index (χ0) is 9.97. The van der Waals surface area contributed by atoms with Crippen LogP contribution in [0.2, 0.25) is 0 Å². The number of rotatable bonds is 2. The Labute approximate surface area is 85.5 Å². The molecule has 14 heavy (non-hydrogen) atoms. The number of thiazole rings is 1. The molecule has 0 unspecified atom stereocenters. The lowest BCUT2D eigenvalue weighted by Gasteiger charge is -1.92. The van der Waals surface area contributed by atoms with Crippen LogP contribution in [0.15, 0.2) is 24.5 Å². The Kier molecular flexibility index (Phi) is 2.54. The first kappa shape index (κ1) is 9.27. The van der Waals surface area contributed by atoms with Gasteiger partial charge < -0.3 is 0 Å². The van der Waals surface area contributed by atoms with Gasteiger partial charge in [-0.2, -0.15) is 0 Å². The molecule has 2 rings (SSSR count). The van der Waals surface area contributed by atoms with Crippen molar-refractivity contribution in [2.45, 2.75) is 13.6 Å². The smallest absolute Gasteiger partial charge is 0.133 e. The number of aromatic nitrogens is 2. The van der Waals surface area contributed by atoms with Gasteiger partial charge in [0.05, 0.1) is 5.69 Å². The third kappa shape index (κ3) is 1.65. The molecular formula is C10H9FN2S. The molecule has 0 N–H and O–H groups in total. The van der Waals surface area contributed by atoms with Gasteiger partial charge >= 0.3 is 0 Å².